The van der Waals surface area contributed by atoms with E-state index in [0.29, 0.717) is 6.61 Å². The number of amides is 1. The zero-order valence-electron chi connectivity index (χ0n) is 11.7. The number of ether oxygens (including phenoxy) is 1. The van der Waals surface area contributed by atoms with E-state index in [-0.39, 0.29) is 18.3 Å². The number of esters is 1. The lowest BCUT2D eigenvalue weighted by atomic mass is 9.94. The molecule has 0 atom stereocenters. The fourth-order valence-corrected chi connectivity index (χ4v) is 2.36. The summed E-state index contributed by atoms with van der Waals surface area (Å²) in [5.41, 5.74) is 0.217. The van der Waals surface area contributed by atoms with E-state index in [9.17, 15) is 14.0 Å². The first-order valence-corrected chi connectivity index (χ1v) is 6.67. The standard InChI is InChI=1S/C15H18FNO3/c1-3-20-13(18)10-17(2)14(19)15(8-9-15)11-4-6-12(16)7-5-11/h4-7H,3,8-10H2,1-2H3. The van der Waals surface area contributed by atoms with Gasteiger partial charge in [-0.25, -0.2) is 4.39 Å². The number of benzene rings is 1. The fourth-order valence-electron chi connectivity index (χ4n) is 2.36. The average Bonchev–Trinajstić information content (AvgIpc) is 3.20. The molecule has 0 aromatic heterocycles. The molecule has 1 aromatic carbocycles. The van der Waals surface area contributed by atoms with E-state index in [1.54, 1.807) is 26.1 Å². The SMILES string of the molecule is CCOC(=O)CN(C)C(=O)C1(c2ccc(F)cc2)CC1. The van der Waals surface area contributed by atoms with Gasteiger partial charge in [0.1, 0.15) is 12.4 Å². The fraction of sp³-hybridized carbons (Fsp3) is 0.467. The van der Waals surface area contributed by atoms with Gasteiger partial charge in [-0.15, -0.1) is 0 Å². The Balaban J connectivity index is 2.08. The van der Waals surface area contributed by atoms with Crippen molar-refractivity contribution in [1.29, 1.82) is 0 Å². The van der Waals surface area contributed by atoms with Crippen LogP contribution in [0, 0.1) is 5.82 Å². The second-order valence-electron chi connectivity index (χ2n) is 5.06. The number of rotatable bonds is 5. The van der Waals surface area contributed by atoms with Crippen molar-refractivity contribution in [2.75, 3.05) is 20.2 Å². The van der Waals surface area contributed by atoms with Crippen LogP contribution in [0.5, 0.6) is 0 Å². The summed E-state index contributed by atoms with van der Waals surface area (Å²) >= 11 is 0. The van der Waals surface area contributed by atoms with Gasteiger partial charge in [-0.2, -0.15) is 0 Å². The van der Waals surface area contributed by atoms with E-state index in [4.69, 9.17) is 4.74 Å². The molecule has 1 aliphatic rings. The Morgan fingerprint density at radius 2 is 1.90 bits per heavy atom. The molecule has 0 heterocycles. The van der Waals surface area contributed by atoms with Gasteiger partial charge in [0.2, 0.25) is 5.91 Å². The summed E-state index contributed by atoms with van der Waals surface area (Å²) in [6.07, 6.45) is 1.45. The first-order valence-electron chi connectivity index (χ1n) is 6.67. The third kappa shape index (κ3) is 2.81. The highest BCUT2D eigenvalue weighted by Crippen LogP contribution is 2.49. The average molecular weight is 279 g/mol. The van der Waals surface area contributed by atoms with Crippen LogP contribution in [-0.2, 0) is 19.7 Å². The maximum atomic E-state index is 13.0. The molecular formula is C15H18FNO3. The summed E-state index contributed by atoms with van der Waals surface area (Å²) in [4.78, 5) is 25.3. The minimum atomic E-state index is -0.588. The molecule has 20 heavy (non-hydrogen) atoms. The molecule has 0 unspecified atom stereocenters. The van der Waals surface area contributed by atoms with Gasteiger partial charge in [-0.1, -0.05) is 12.1 Å². The van der Waals surface area contributed by atoms with Crippen molar-refractivity contribution in [2.45, 2.75) is 25.2 Å². The predicted molar refractivity (Wildman–Crippen MR) is 71.6 cm³/mol. The van der Waals surface area contributed by atoms with Gasteiger partial charge in [0.15, 0.2) is 0 Å². The van der Waals surface area contributed by atoms with E-state index in [2.05, 4.69) is 0 Å². The molecule has 4 nitrogen and oxygen atoms in total. The van der Waals surface area contributed by atoms with Crippen LogP contribution in [0.25, 0.3) is 0 Å². The van der Waals surface area contributed by atoms with Gasteiger partial charge in [0.25, 0.3) is 0 Å². The number of carbonyl (C=O) groups excluding carboxylic acids is 2. The lowest BCUT2D eigenvalue weighted by molar-refractivity contribution is -0.148. The minimum Gasteiger partial charge on any atom is -0.465 e. The van der Waals surface area contributed by atoms with Crippen molar-refractivity contribution in [2.24, 2.45) is 0 Å². The Bertz CT molecular complexity index is 508. The molecule has 1 fully saturated rings. The number of hydrogen-bond donors (Lipinski definition) is 0. The highest BCUT2D eigenvalue weighted by Gasteiger charge is 2.52. The van der Waals surface area contributed by atoms with Crippen LogP contribution in [0.15, 0.2) is 24.3 Å². The summed E-state index contributed by atoms with van der Waals surface area (Å²) in [5, 5.41) is 0. The predicted octanol–water partition coefficient (Wildman–Crippen LogP) is 1.88. The summed E-state index contributed by atoms with van der Waals surface area (Å²) in [5.74, 6) is -0.854. The molecule has 0 radical (unpaired) electrons. The quantitative estimate of drug-likeness (QED) is 0.773. The summed E-state index contributed by atoms with van der Waals surface area (Å²) in [6.45, 7) is 1.96. The molecule has 2 rings (SSSR count). The van der Waals surface area contributed by atoms with Crippen molar-refractivity contribution in [3.63, 3.8) is 0 Å². The third-order valence-corrected chi connectivity index (χ3v) is 3.57. The maximum absolute atomic E-state index is 13.0. The second-order valence-corrected chi connectivity index (χ2v) is 5.06. The van der Waals surface area contributed by atoms with Gasteiger partial charge < -0.3 is 9.64 Å². The van der Waals surface area contributed by atoms with E-state index >= 15 is 0 Å². The molecule has 0 aliphatic heterocycles. The Labute approximate surface area is 117 Å². The highest BCUT2D eigenvalue weighted by atomic mass is 19.1. The Morgan fingerprint density at radius 1 is 1.30 bits per heavy atom. The van der Waals surface area contributed by atoms with E-state index in [1.807, 2.05) is 0 Å². The van der Waals surface area contributed by atoms with Crippen molar-refractivity contribution >= 4 is 11.9 Å². The first-order chi connectivity index (χ1) is 9.49. The zero-order chi connectivity index (χ0) is 14.8. The number of hydrogen-bond acceptors (Lipinski definition) is 3. The topological polar surface area (TPSA) is 46.6 Å². The molecule has 0 bridgehead atoms. The zero-order valence-corrected chi connectivity index (χ0v) is 11.7. The summed E-state index contributed by atoms with van der Waals surface area (Å²) in [6, 6.07) is 5.99. The summed E-state index contributed by atoms with van der Waals surface area (Å²) < 4.78 is 17.8. The number of nitrogens with zero attached hydrogens (tertiary/aromatic N) is 1. The molecule has 108 valence electrons. The normalized spacial score (nSPS) is 15.6. The highest BCUT2D eigenvalue weighted by molar-refractivity contribution is 5.93. The second kappa shape index (κ2) is 5.61. The van der Waals surface area contributed by atoms with Crippen LogP contribution in [0.1, 0.15) is 25.3 Å². The van der Waals surface area contributed by atoms with Crippen LogP contribution in [0.4, 0.5) is 4.39 Å². The molecule has 0 spiro atoms. The van der Waals surface area contributed by atoms with Gasteiger partial charge in [-0.3, -0.25) is 9.59 Å². The van der Waals surface area contributed by atoms with Crippen LogP contribution in [-0.4, -0.2) is 37.0 Å². The van der Waals surface area contributed by atoms with Crippen molar-refractivity contribution in [3.8, 4) is 0 Å². The van der Waals surface area contributed by atoms with E-state index in [1.165, 1.54) is 17.0 Å². The van der Waals surface area contributed by atoms with Crippen LogP contribution >= 0.6 is 0 Å². The number of carbonyl (C=O) groups is 2. The molecule has 1 aromatic rings. The first kappa shape index (κ1) is 14.5. The van der Waals surface area contributed by atoms with E-state index < -0.39 is 11.4 Å². The van der Waals surface area contributed by atoms with Gasteiger partial charge in [-0.05, 0) is 37.5 Å². The van der Waals surface area contributed by atoms with Gasteiger partial charge >= 0.3 is 5.97 Å². The van der Waals surface area contributed by atoms with E-state index in [0.717, 1.165) is 18.4 Å². The largest absolute Gasteiger partial charge is 0.465 e. The number of likely N-dealkylation sites (N-methyl/N-ethyl adjacent to an activating group) is 1. The summed E-state index contributed by atoms with van der Waals surface area (Å²) in [7, 11) is 1.59. The lowest BCUT2D eigenvalue weighted by Crippen LogP contribution is -2.40. The smallest absolute Gasteiger partial charge is 0.325 e. The van der Waals surface area contributed by atoms with Crippen molar-refractivity contribution in [3.05, 3.63) is 35.6 Å². The molecule has 1 aliphatic carbocycles. The van der Waals surface area contributed by atoms with Crippen molar-refractivity contribution < 1.29 is 18.7 Å². The lowest BCUT2D eigenvalue weighted by Gasteiger charge is -2.23. The molecule has 1 amide bonds. The van der Waals surface area contributed by atoms with Crippen LogP contribution in [0.3, 0.4) is 0 Å². The monoisotopic (exact) mass is 279 g/mol. The molecule has 5 heteroatoms. The third-order valence-electron chi connectivity index (χ3n) is 3.57. The molecule has 0 N–H and O–H groups in total. The Morgan fingerprint density at radius 3 is 2.40 bits per heavy atom. The Hall–Kier alpha value is -1.91. The minimum absolute atomic E-state index is 0.0599. The number of halogens is 1. The molecule has 1 saturated carbocycles. The Kier molecular flexibility index (Phi) is 4.06. The molecular weight excluding hydrogens is 261 g/mol. The molecule has 0 saturated heterocycles. The van der Waals surface area contributed by atoms with Crippen molar-refractivity contribution in [1.82, 2.24) is 4.90 Å². The maximum Gasteiger partial charge on any atom is 0.325 e. The van der Waals surface area contributed by atoms with Crippen LogP contribution < -0.4 is 0 Å². The van der Waals surface area contributed by atoms with Gasteiger partial charge in [0.05, 0.1) is 12.0 Å². The van der Waals surface area contributed by atoms with Crippen LogP contribution in [0.2, 0.25) is 0 Å². The van der Waals surface area contributed by atoms with Gasteiger partial charge in [0, 0.05) is 7.05 Å².